The average molecular weight is 196 g/mol. The van der Waals surface area contributed by atoms with E-state index in [-0.39, 0.29) is 0 Å². The Hall–Kier alpha value is -0.770. The van der Waals surface area contributed by atoms with Crippen molar-refractivity contribution in [3.05, 3.63) is 0 Å². The van der Waals surface area contributed by atoms with Crippen LogP contribution in [0.5, 0.6) is 0 Å². The van der Waals surface area contributed by atoms with Gasteiger partial charge in [0.2, 0.25) is 0 Å². The van der Waals surface area contributed by atoms with Crippen molar-refractivity contribution in [2.75, 3.05) is 39.3 Å². The zero-order valence-corrected chi connectivity index (χ0v) is 8.78. The van der Waals surface area contributed by atoms with Crippen molar-refractivity contribution >= 4 is 5.96 Å². The van der Waals surface area contributed by atoms with Crippen LogP contribution in [0.15, 0.2) is 4.99 Å². The largest absolute Gasteiger partial charge is 0.343 e. The lowest BCUT2D eigenvalue weighted by Gasteiger charge is -2.41. The molecular formula is C10H20N4. The van der Waals surface area contributed by atoms with Crippen molar-refractivity contribution < 1.29 is 0 Å². The van der Waals surface area contributed by atoms with Crippen molar-refractivity contribution in [2.24, 2.45) is 10.7 Å². The highest BCUT2D eigenvalue weighted by molar-refractivity contribution is 5.81. The maximum atomic E-state index is 5.53. The molecule has 2 rings (SSSR count). The van der Waals surface area contributed by atoms with Gasteiger partial charge in [0.15, 0.2) is 5.96 Å². The molecule has 0 aliphatic carbocycles. The molecule has 2 heterocycles. The minimum Gasteiger partial charge on any atom is -0.343 e. The summed E-state index contributed by atoms with van der Waals surface area (Å²) >= 11 is 0. The highest BCUT2D eigenvalue weighted by atomic mass is 15.4. The van der Waals surface area contributed by atoms with E-state index < -0.39 is 0 Å². The summed E-state index contributed by atoms with van der Waals surface area (Å²) in [5, 5.41) is 0. The molecule has 0 bridgehead atoms. The molecule has 0 aromatic heterocycles. The Kier molecular flexibility index (Phi) is 3.24. The molecule has 0 atom stereocenters. The summed E-state index contributed by atoms with van der Waals surface area (Å²) in [6, 6.07) is 0. The smallest absolute Gasteiger partial charge is 0.196 e. The molecule has 0 amide bonds. The van der Waals surface area contributed by atoms with Gasteiger partial charge >= 0.3 is 0 Å². The topological polar surface area (TPSA) is 44.9 Å². The first-order chi connectivity index (χ1) is 6.92. The standard InChI is InChI=1S/C10H20N4/c11-4-1-6-13-8-3-9-14-7-2-5-12-10(13)14/h1-9,11H2. The van der Waals surface area contributed by atoms with E-state index in [9.17, 15) is 0 Å². The fourth-order valence-corrected chi connectivity index (χ4v) is 2.20. The second kappa shape index (κ2) is 4.64. The third kappa shape index (κ3) is 2.00. The van der Waals surface area contributed by atoms with Crippen LogP contribution < -0.4 is 5.73 Å². The van der Waals surface area contributed by atoms with Gasteiger partial charge in [-0.25, -0.2) is 0 Å². The lowest BCUT2D eigenvalue weighted by Crippen LogP contribution is -2.52. The quantitative estimate of drug-likeness (QED) is 0.696. The van der Waals surface area contributed by atoms with Crippen LogP contribution in [-0.2, 0) is 0 Å². The van der Waals surface area contributed by atoms with Gasteiger partial charge in [-0.3, -0.25) is 4.99 Å². The van der Waals surface area contributed by atoms with Crippen LogP contribution in [0.4, 0.5) is 0 Å². The van der Waals surface area contributed by atoms with E-state index in [1.165, 1.54) is 31.9 Å². The summed E-state index contributed by atoms with van der Waals surface area (Å²) in [6.45, 7) is 6.41. The predicted molar refractivity (Wildman–Crippen MR) is 58.4 cm³/mol. The highest BCUT2D eigenvalue weighted by Gasteiger charge is 2.24. The van der Waals surface area contributed by atoms with Crippen molar-refractivity contribution in [3.8, 4) is 0 Å². The van der Waals surface area contributed by atoms with Crippen LogP contribution in [-0.4, -0.2) is 55.0 Å². The van der Waals surface area contributed by atoms with E-state index in [0.717, 1.165) is 32.6 Å². The van der Waals surface area contributed by atoms with E-state index in [0.29, 0.717) is 0 Å². The lowest BCUT2D eigenvalue weighted by molar-refractivity contribution is 0.243. The molecule has 0 radical (unpaired) electrons. The summed E-state index contributed by atoms with van der Waals surface area (Å²) in [4.78, 5) is 9.43. The van der Waals surface area contributed by atoms with Gasteiger partial charge in [0, 0.05) is 32.7 Å². The second-order valence-corrected chi connectivity index (χ2v) is 4.01. The molecular weight excluding hydrogens is 176 g/mol. The van der Waals surface area contributed by atoms with Gasteiger partial charge < -0.3 is 15.5 Å². The number of hydrogen-bond acceptors (Lipinski definition) is 4. The Bertz CT molecular complexity index is 214. The fourth-order valence-electron chi connectivity index (χ4n) is 2.20. The molecule has 1 saturated heterocycles. The zero-order valence-electron chi connectivity index (χ0n) is 8.78. The minimum absolute atomic E-state index is 0.782. The van der Waals surface area contributed by atoms with E-state index in [4.69, 9.17) is 5.73 Å². The van der Waals surface area contributed by atoms with Crippen LogP contribution in [0.2, 0.25) is 0 Å². The first-order valence-electron chi connectivity index (χ1n) is 5.66. The van der Waals surface area contributed by atoms with E-state index in [1.54, 1.807) is 0 Å². The van der Waals surface area contributed by atoms with Gasteiger partial charge in [0.1, 0.15) is 0 Å². The zero-order chi connectivity index (χ0) is 9.80. The van der Waals surface area contributed by atoms with Gasteiger partial charge in [-0.1, -0.05) is 0 Å². The molecule has 14 heavy (non-hydrogen) atoms. The Labute approximate surface area is 85.8 Å². The summed E-state index contributed by atoms with van der Waals surface area (Å²) in [5.74, 6) is 1.23. The Morgan fingerprint density at radius 2 is 2.07 bits per heavy atom. The van der Waals surface area contributed by atoms with Crippen LogP contribution in [0.25, 0.3) is 0 Å². The molecule has 4 heteroatoms. The summed E-state index contributed by atoms with van der Waals surface area (Å²) < 4.78 is 0. The maximum Gasteiger partial charge on any atom is 0.196 e. The number of rotatable bonds is 3. The van der Waals surface area contributed by atoms with Crippen LogP contribution in [0.3, 0.4) is 0 Å². The van der Waals surface area contributed by atoms with E-state index in [1.807, 2.05) is 0 Å². The number of guanidine groups is 1. The Balaban J connectivity index is 1.97. The molecule has 4 nitrogen and oxygen atoms in total. The molecule has 0 saturated carbocycles. The number of aliphatic imine (C=N–C) groups is 1. The van der Waals surface area contributed by atoms with Crippen LogP contribution >= 0.6 is 0 Å². The summed E-state index contributed by atoms with van der Waals surface area (Å²) in [6.07, 6.45) is 3.56. The molecule has 2 N–H and O–H groups in total. The molecule has 0 spiro atoms. The maximum absolute atomic E-state index is 5.53. The molecule has 80 valence electrons. The van der Waals surface area contributed by atoms with E-state index >= 15 is 0 Å². The van der Waals surface area contributed by atoms with Crippen molar-refractivity contribution in [2.45, 2.75) is 19.3 Å². The Morgan fingerprint density at radius 3 is 2.93 bits per heavy atom. The average Bonchev–Trinajstić information content (AvgIpc) is 2.26. The fraction of sp³-hybridized carbons (Fsp3) is 0.900. The van der Waals surface area contributed by atoms with Crippen molar-refractivity contribution in [3.63, 3.8) is 0 Å². The molecule has 1 fully saturated rings. The third-order valence-corrected chi connectivity index (χ3v) is 2.89. The highest BCUT2D eigenvalue weighted by Crippen LogP contribution is 2.13. The number of hydrogen-bond donors (Lipinski definition) is 1. The van der Waals surface area contributed by atoms with Gasteiger partial charge in [-0.05, 0) is 25.8 Å². The minimum atomic E-state index is 0.782. The van der Waals surface area contributed by atoms with E-state index in [2.05, 4.69) is 14.8 Å². The third-order valence-electron chi connectivity index (χ3n) is 2.89. The van der Waals surface area contributed by atoms with Gasteiger partial charge in [-0.2, -0.15) is 0 Å². The van der Waals surface area contributed by atoms with Gasteiger partial charge in [0.05, 0.1) is 0 Å². The molecule has 2 aliphatic heterocycles. The summed E-state index contributed by atoms with van der Waals surface area (Å²) in [7, 11) is 0. The molecule has 0 aromatic rings. The molecule has 2 aliphatic rings. The molecule has 0 unspecified atom stereocenters. The monoisotopic (exact) mass is 196 g/mol. The number of nitrogens with zero attached hydrogens (tertiary/aromatic N) is 3. The number of nitrogens with two attached hydrogens (primary N) is 1. The van der Waals surface area contributed by atoms with Crippen molar-refractivity contribution in [1.82, 2.24) is 9.80 Å². The molecule has 0 aromatic carbocycles. The van der Waals surface area contributed by atoms with Gasteiger partial charge in [0.25, 0.3) is 0 Å². The first-order valence-corrected chi connectivity index (χ1v) is 5.66. The van der Waals surface area contributed by atoms with Crippen molar-refractivity contribution in [1.29, 1.82) is 0 Å². The Morgan fingerprint density at radius 1 is 1.21 bits per heavy atom. The lowest BCUT2D eigenvalue weighted by atomic mass is 10.2. The summed E-state index contributed by atoms with van der Waals surface area (Å²) in [5.41, 5.74) is 5.53. The second-order valence-electron chi connectivity index (χ2n) is 4.01. The normalized spacial score (nSPS) is 21.9. The van der Waals surface area contributed by atoms with Crippen LogP contribution in [0, 0.1) is 0 Å². The van der Waals surface area contributed by atoms with Crippen LogP contribution in [0.1, 0.15) is 19.3 Å². The SMILES string of the molecule is NCCCN1CCCN2CCCN=C12. The number of fused-ring (bicyclic) bond motifs is 1. The first kappa shape index (κ1) is 9.77. The predicted octanol–water partition coefficient (Wildman–Crippen LogP) is 0.103. The van der Waals surface area contributed by atoms with Gasteiger partial charge in [-0.15, -0.1) is 0 Å².